The van der Waals surface area contributed by atoms with E-state index >= 15 is 0 Å². The summed E-state index contributed by atoms with van der Waals surface area (Å²) in [5.41, 5.74) is 2.62. The quantitative estimate of drug-likeness (QED) is 0.938. The minimum absolute atomic E-state index is 0.0929. The van der Waals surface area contributed by atoms with Crippen LogP contribution in [0.3, 0.4) is 0 Å². The lowest BCUT2D eigenvalue weighted by Gasteiger charge is -2.25. The van der Waals surface area contributed by atoms with E-state index in [1.165, 1.54) is 25.7 Å². The molecule has 1 aliphatic rings. The second-order valence-electron chi connectivity index (χ2n) is 5.61. The van der Waals surface area contributed by atoms with Crippen molar-refractivity contribution >= 4 is 17.3 Å². The monoisotopic (exact) mass is 295 g/mol. The molecule has 1 aromatic heterocycles. The lowest BCUT2D eigenvalue weighted by atomic mass is 10.2. The van der Waals surface area contributed by atoms with E-state index in [9.17, 15) is 4.79 Å². The molecule has 0 bridgehead atoms. The minimum Gasteiger partial charge on any atom is -0.370 e. The van der Waals surface area contributed by atoms with Crippen molar-refractivity contribution in [3.05, 3.63) is 54.4 Å². The Kier molecular flexibility index (Phi) is 4.68. The molecular formula is C18H21N3O. The fraction of sp³-hybridized carbons (Fsp3) is 0.333. The lowest BCUT2D eigenvalue weighted by molar-refractivity contribution is 0.102. The van der Waals surface area contributed by atoms with Crippen LogP contribution in [0.5, 0.6) is 0 Å². The van der Waals surface area contributed by atoms with E-state index in [-0.39, 0.29) is 5.91 Å². The molecule has 0 radical (unpaired) electrons. The Morgan fingerprint density at radius 2 is 1.64 bits per heavy atom. The number of benzene rings is 1. The van der Waals surface area contributed by atoms with E-state index in [0.717, 1.165) is 24.5 Å². The molecular weight excluding hydrogens is 274 g/mol. The number of nitrogens with zero attached hydrogens (tertiary/aromatic N) is 2. The fourth-order valence-corrected chi connectivity index (χ4v) is 2.86. The Labute approximate surface area is 131 Å². The van der Waals surface area contributed by atoms with Crippen molar-refractivity contribution in [2.75, 3.05) is 23.3 Å². The molecule has 4 nitrogen and oxygen atoms in total. The number of anilines is 2. The molecule has 114 valence electrons. The molecule has 1 saturated heterocycles. The van der Waals surface area contributed by atoms with Gasteiger partial charge in [0.1, 0.15) is 0 Å². The van der Waals surface area contributed by atoms with Crippen LogP contribution >= 0.6 is 0 Å². The first-order valence-corrected chi connectivity index (χ1v) is 7.90. The summed E-state index contributed by atoms with van der Waals surface area (Å²) in [7, 11) is 0. The number of carbonyl (C=O) groups is 1. The molecule has 1 amide bonds. The van der Waals surface area contributed by atoms with Gasteiger partial charge in [-0.2, -0.15) is 0 Å². The smallest absolute Gasteiger partial charge is 0.255 e. The van der Waals surface area contributed by atoms with Crippen LogP contribution in [0.15, 0.2) is 48.8 Å². The molecule has 0 unspecified atom stereocenters. The van der Waals surface area contributed by atoms with Crippen LogP contribution in [-0.4, -0.2) is 24.0 Å². The zero-order valence-corrected chi connectivity index (χ0v) is 12.7. The van der Waals surface area contributed by atoms with Gasteiger partial charge in [-0.25, -0.2) is 0 Å². The van der Waals surface area contributed by atoms with E-state index in [4.69, 9.17) is 0 Å². The number of nitrogens with one attached hydrogen (secondary N) is 1. The summed E-state index contributed by atoms with van der Waals surface area (Å²) in [6.07, 6.45) is 8.29. The van der Waals surface area contributed by atoms with E-state index < -0.39 is 0 Å². The standard InChI is InChI=1S/C18H21N3O/c22-18(15-9-11-19-12-10-15)20-16-7-3-4-8-17(16)21-13-5-1-2-6-14-21/h3-4,7-12H,1-2,5-6,13-14H2,(H,20,22). The van der Waals surface area contributed by atoms with Crippen LogP contribution in [-0.2, 0) is 0 Å². The van der Waals surface area contributed by atoms with Crippen molar-refractivity contribution in [2.24, 2.45) is 0 Å². The predicted molar refractivity (Wildman–Crippen MR) is 89.3 cm³/mol. The predicted octanol–water partition coefficient (Wildman–Crippen LogP) is 3.71. The first-order chi connectivity index (χ1) is 10.8. The van der Waals surface area contributed by atoms with Gasteiger partial charge >= 0.3 is 0 Å². The molecule has 1 N–H and O–H groups in total. The number of para-hydroxylation sites is 2. The van der Waals surface area contributed by atoms with Crippen LogP contribution in [0.2, 0.25) is 0 Å². The van der Waals surface area contributed by atoms with Gasteiger partial charge in [0.15, 0.2) is 0 Å². The third-order valence-electron chi connectivity index (χ3n) is 4.04. The molecule has 1 aromatic carbocycles. The number of carbonyl (C=O) groups excluding carboxylic acids is 1. The topological polar surface area (TPSA) is 45.2 Å². The maximum atomic E-state index is 12.4. The van der Waals surface area contributed by atoms with Crippen molar-refractivity contribution in [2.45, 2.75) is 25.7 Å². The average Bonchev–Trinajstić information content (AvgIpc) is 2.85. The molecule has 2 aromatic rings. The maximum Gasteiger partial charge on any atom is 0.255 e. The molecule has 2 heterocycles. The highest BCUT2D eigenvalue weighted by Crippen LogP contribution is 2.28. The summed E-state index contributed by atoms with van der Waals surface area (Å²) in [5, 5.41) is 3.04. The highest BCUT2D eigenvalue weighted by Gasteiger charge is 2.15. The van der Waals surface area contributed by atoms with E-state index in [2.05, 4.69) is 21.3 Å². The highest BCUT2D eigenvalue weighted by atomic mass is 16.1. The first kappa shape index (κ1) is 14.6. The summed E-state index contributed by atoms with van der Waals surface area (Å²) in [4.78, 5) is 18.7. The molecule has 4 heteroatoms. The van der Waals surface area contributed by atoms with Crippen molar-refractivity contribution < 1.29 is 4.79 Å². The molecule has 0 spiro atoms. The number of rotatable bonds is 3. The maximum absolute atomic E-state index is 12.4. The van der Waals surface area contributed by atoms with Crippen LogP contribution in [0.4, 0.5) is 11.4 Å². The number of hydrogen-bond donors (Lipinski definition) is 1. The summed E-state index contributed by atoms with van der Waals surface area (Å²) in [6, 6.07) is 11.5. The van der Waals surface area contributed by atoms with Crippen molar-refractivity contribution in [3.8, 4) is 0 Å². The average molecular weight is 295 g/mol. The van der Waals surface area contributed by atoms with Crippen LogP contribution in [0, 0.1) is 0 Å². The molecule has 0 atom stereocenters. The van der Waals surface area contributed by atoms with Gasteiger partial charge in [-0.1, -0.05) is 25.0 Å². The van der Waals surface area contributed by atoms with Gasteiger partial charge in [0, 0.05) is 31.0 Å². The van der Waals surface area contributed by atoms with Crippen molar-refractivity contribution in [1.29, 1.82) is 0 Å². The lowest BCUT2D eigenvalue weighted by Crippen LogP contribution is -2.25. The fourth-order valence-electron chi connectivity index (χ4n) is 2.86. The first-order valence-electron chi connectivity index (χ1n) is 7.90. The van der Waals surface area contributed by atoms with Crippen molar-refractivity contribution in [1.82, 2.24) is 4.98 Å². The number of hydrogen-bond acceptors (Lipinski definition) is 3. The van der Waals surface area contributed by atoms with Crippen molar-refractivity contribution in [3.63, 3.8) is 0 Å². The normalized spacial score (nSPS) is 15.2. The second kappa shape index (κ2) is 7.07. The minimum atomic E-state index is -0.0929. The van der Waals surface area contributed by atoms with E-state index in [1.54, 1.807) is 24.5 Å². The molecule has 1 aliphatic heterocycles. The Bertz CT molecular complexity index is 619. The second-order valence-corrected chi connectivity index (χ2v) is 5.61. The molecule has 3 rings (SSSR count). The van der Waals surface area contributed by atoms with Gasteiger partial charge in [0.25, 0.3) is 5.91 Å². The third-order valence-corrected chi connectivity index (χ3v) is 4.04. The van der Waals surface area contributed by atoms with Gasteiger partial charge in [0.05, 0.1) is 11.4 Å². The largest absolute Gasteiger partial charge is 0.370 e. The molecule has 0 aliphatic carbocycles. The zero-order chi connectivity index (χ0) is 15.2. The molecule has 1 fully saturated rings. The molecule has 22 heavy (non-hydrogen) atoms. The van der Waals surface area contributed by atoms with Gasteiger partial charge in [-0.15, -0.1) is 0 Å². The van der Waals surface area contributed by atoms with E-state index in [1.807, 2.05) is 18.2 Å². The Hall–Kier alpha value is -2.36. The number of aromatic nitrogens is 1. The summed E-state index contributed by atoms with van der Waals surface area (Å²) in [6.45, 7) is 2.12. The highest BCUT2D eigenvalue weighted by molar-refractivity contribution is 6.05. The van der Waals surface area contributed by atoms with Crippen LogP contribution < -0.4 is 10.2 Å². The Morgan fingerprint density at radius 3 is 2.36 bits per heavy atom. The summed E-state index contributed by atoms with van der Waals surface area (Å²) in [5.74, 6) is -0.0929. The Balaban J connectivity index is 1.80. The number of amides is 1. The van der Waals surface area contributed by atoms with Crippen LogP contribution in [0.1, 0.15) is 36.0 Å². The summed E-state index contributed by atoms with van der Waals surface area (Å²) >= 11 is 0. The zero-order valence-electron chi connectivity index (χ0n) is 12.7. The molecule has 0 saturated carbocycles. The van der Waals surface area contributed by atoms with Gasteiger partial charge in [-0.05, 0) is 37.1 Å². The van der Waals surface area contributed by atoms with Crippen LogP contribution in [0.25, 0.3) is 0 Å². The number of pyridine rings is 1. The summed E-state index contributed by atoms with van der Waals surface area (Å²) < 4.78 is 0. The van der Waals surface area contributed by atoms with Gasteiger partial charge < -0.3 is 10.2 Å². The van der Waals surface area contributed by atoms with E-state index in [0.29, 0.717) is 5.56 Å². The third kappa shape index (κ3) is 3.45. The SMILES string of the molecule is O=C(Nc1ccccc1N1CCCCCC1)c1ccncc1. The van der Waals surface area contributed by atoms with Gasteiger partial charge in [-0.3, -0.25) is 9.78 Å². The Morgan fingerprint density at radius 1 is 0.955 bits per heavy atom. The van der Waals surface area contributed by atoms with Gasteiger partial charge in [0.2, 0.25) is 0 Å².